The lowest BCUT2D eigenvalue weighted by atomic mass is 10.0. The molecule has 0 bridgehead atoms. The topological polar surface area (TPSA) is 37.3 Å². The molecule has 0 unspecified atom stereocenters. The zero-order chi connectivity index (χ0) is 9.68. The maximum Gasteiger partial charge on any atom is 0.335 e. The Bertz CT molecular complexity index is 297. The Labute approximate surface area is 85.7 Å². The third-order valence-corrected chi connectivity index (χ3v) is 2.39. The fraction of sp³-hybridized carbons (Fsp3) is 0.300. The largest absolute Gasteiger partial charge is 0.478 e. The molecule has 0 saturated heterocycles. The smallest absolute Gasteiger partial charge is 0.335 e. The number of aromatic carboxylic acids is 1. The molecular weight excluding hydrogens is 232 g/mol. The number of hydrogen-bond acceptors (Lipinski definition) is 1. The quantitative estimate of drug-likeness (QED) is 0.825. The second kappa shape index (κ2) is 5.02. The van der Waals surface area contributed by atoms with E-state index in [1.807, 2.05) is 12.1 Å². The minimum atomic E-state index is -0.842. The summed E-state index contributed by atoms with van der Waals surface area (Å²) < 4.78 is 0. The second-order valence-electron chi connectivity index (χ2n) is 2.75. The van der Waals surface area contributed by atoms with E-state index in [0.29, 0.717) is 5.56 Å². The van der Waals surface area contributed by atoms with Crippen LogP contribution in [0.2, 0.25) is 0 Å². The van der Waals surface area contributed by atoms with Crippen LogP contribution in [-0.4, -0.2) is 16.4 Å². The van der Waals surface area contributed by atoms with Gasteiger partial charge < -0.3 is 5.11 Å². The van der Waals surface area contributed by atoms with Crippen molar-refractivity contribution in [1.82, 2.24) is 0 Å². The van der Waals surface area contributed by atoms with Crippen molar-refractivity contribution in [2.45, 2.75) is 12.8 Å². The van der Waals surface area contributed by atoms with E-state index in [0.717, 1.165) is 23.7 Å². The predicted octanol–water partition coefficient (Wildman–Crippen LogP) is 2.71. The summed E-state index contributed by atoms with van der Waals surface area (Å²) >= 11 is 3.32. The number of benzene rings is 1. The van der Waals surface area contributed by atoms with Crippen LogP contribution >= 0.6 is 15.9 Å². The lowest BCUT2D eigenvalue weighted by Crippen LogP contribution is -2.02. The fourth-order valence-corrected chi connectivity index (χ4v) is 1.48. The summed E-state index contributed by atoms with van der Waals surface area (Å²) in [5, 5.41) is 9.76. The SMILES string of the molecule is O=C(O)c1ccccc1CCCBr. The molecule has 1 N–H and O–H groups in total. The Hall–Kier alpha value is -0.830. The minimum Gasteiger partial charge on any atom is -0.478 e. The molecule has 0 spiro atoms. The highest BCUT2D eigenvalue weighted by Gasteiger charge is 2.07. The Morgan fingerprint density at radius 3 is 2.69 bits per heavy atom. The second-order valence-corrected chi connectivity index (χ2v) is 3.55. The molecule has 0 fully saturated rings. The van der Waals surface area contributed by atoms with Crippen LogP contribution < -0.4 is 0 Å². The first-order valence-corrected chi connectivity index (χ1v) is 5.25. The molecule has 0 atom stereocenters. The van der Waals surface area contributed by atoms with Gasteiger partial charge in [0.2, 0.25) is 0 Å². The molecule has 13 heavy (non-hydrogen) atoms. The molecule has 1 aromatic carbocycles. The van der Waals surface area contributed by atoms with Crippen LogP contribution in [0, 0.1) is 0 Å². The molecule has 0 heterocycles. The van der Waals surface area contributed by atoms with Gasteiger partial charge in [-0.25, -0.2) is 4.79 Å². The predicted molar refractivity (Wildman–Crippen MR) is 55.5 cm³/mol. The summed E-state index contributed by atoms with van der Waals surface area (Å²) in [6.07, 6.45) is 1.78. The maximum atomic E-state index is 10.8. The standard InChI is InChI=1S/C10H11BrO2/c11-7-3-5-8-4-1-2-6-9(8)10(12)13/h1-2,4,6H,3,5,7H2,(H,12,13). The molecule has 2 nitrogen and oxygen atoms in total. The average molecular weight is 243 g/mol. The van der Waals surface area contributed by atoms with Crippen LogP contribution in [0.15, 0.2) is 24.3 Å². The van der Waals surface area contributed by atoms with Crippen LogP contribution in [0.1, 0.15) is 22.3 Å². The van der Waals surface area contributed by atoms with Crippen molar-refractivity contribution in [3.8, 4) is 0 Å². The summed E-state index contributed by atoms with van der Waals surface area (Å²) in [6.45, 7) is 0. The molecule has 0 amide bonds. The van der Waals surface area contributed by atoms with Gasteiger partial charge in [0.15, 0.2) is 0 Å². The first kappa shape index (κ1) is 10.3. The van der Waals surface area contributed by atoms with Crippen LogP contribution in [0.4, 0.5) is 0 Å². The summed E-state index contributed by atoms with van der Waals surface area (Å²) in [5.74, 6) is -0.842. The van der Waals surface area contributed by atoms with Gasteiger partial charge in [-0.2, -0.15) is 0 Å². The molecule has 1 aromatic rings. The van der Waals surface area contributed by atoms with Crippen molar-refractivity contribution >= 4 is 21.9 Å². The number of carboxylic acids is 1. The molecule has 0 aliphatic carbocycles. The van der Waals surface area contributed by atoms with Gasteiger partial charge >= 0.3 is 5.97 Å². The van der Waals surface area contributed by atoms with Gasteiger partial charge in [0.1, 0.15) is 0 Å². The van der Waals surface area contributed by atoms with E-state index in [-0.39, 0.29) is 0 Å². The highest BCUT2D eigenvalue weighted by atomic mass is 79.9. The number of alkyl halides is 1. The first-order chi connectivity index (χ1) is 6.25. The van der Waals surface area contributed by atoms with Gasteiger partial charge in [0.05, 0.1) is 5.56 Å². The lowest BCUT2D eigenvalue weighted by molar-refractivity contribution is 0.0695. The van der Waals surface area contributed by atoms with Crippen molar-refractivity contribution in [1.29, 1.82) is 0 Å². The van der Waals surface area contributed by atoms with Crippen molar-refractivity contribution < 1.29 is 9.90 Å². The van der Waals surface area contributed by atoms with Gasteiger partial charge in [0, 0.05) is 5.33 Å². The van der Waals surface area contributed by atoms with E-state index in [1.165, 1.54) is 0 Å². The summed E-state index contributed by atoms with van der Waals surface area (Å²) in [4.78, 5) is 10.8. The van der Waals surface area contributed by atoms with E-state index in [4.69, 9.17) is 5.11 Å². The van der Waals surface area contributed by atoms with Gasteiger partial charge in [-0.15, -0.1) is 0 Å². The van der Waals surface area contributed by atoms with Gasteiger partial charge in [-0.05, 0) is 24.5 Å². The number of carbonyl (C=O) groups is 1. The summed E-state index contributed by atoms with van der Waals surface area (Å²) in [6, 6.07) is 7.13. The van der Waals surface area contributed by atoms with E-state index >= 15 is 0 Å². The molecule has 0 aromatic heterocycles. The van der Waals surface area contributed by atoms with Crippen molar-refractivity contribution in [2.75, 3.05) is 5.33 Å². The molecule has 0 saturated carbocycles. The zero-order valence-electron chi connectivity index (χ0n) is 7.16. The Morgan fingerprint density at radius 1 is 1.38 bits per heavy atom. The Morgan fingerprint density at radius 2 is 2.08 bits per heavy atom. The van der Waals surface area contributed by atoms with E-state index < -0.39 is 5.97 Å². The molecule has 1 rings (SSSR count). The maximum absolute atomic E-state index is 10.8. The average Bonchev–Trinajstić information content (AvgIpc) is 2.15. The molecule has 0 aliphatic rings. The van der Waals surface area contributed by atoms with Crippen molar-refractivity contribution in [2.24, 2.45) is 0 Å². The van der Waals surface area contributed by atoms with E-state index in [2.05, 4.69) is 15.9 Å². The monoisotopic (exact) mass is 242 g/mol. The molecule has 0 aliphatic heterocycles. The van der Waals surface area contributed by atoms with Crippen molar-refractivity contribution in [3.05, 3.63) is 35.4 Å². The van der Waals surface area contributed by atoms with Gasteiger partial charge in [-0.1, -0.05) is 34.1 Å². The minimum absolute atomic E-state index is 0.420. The Kier molecular flexibility index (Phi) is 3.96. The number of halogens is 1. The fourth-order valence-electron chi connectivity index (χ4n) is 1.20. The van der Waals surface area contributed by atoms with Crippen LogP contribution in [0.3, 0.4) is 0 Å². The molecular formula is C10H11BrO2. The Balaban J connectivity index is 2.84. The normalized spacial score (nSPS) is 9.92. The highest BCUT2D eigenvalue weighted by molar-refractivity contribution is 9.09. The summed E-state index contributed by atoms with van der Waals surface area (Å²) in [7, 11) is 0. The third-order valence-electron chi connectivity index (χ3n) is 1.83. The number of carboxylic acid groups (broad SMARTS) is 1. The zero-order valence-corrected chi connectivity index (χ0v) is 8.75. The number of aryl methyl sites for hydroxylation is 1. The van der Waals surface area contributed by atoms with Gasteiger partial charge in [0.25, 0.3) is 0 Å². The number of hydrogen-bond donors (Lipinski definition) is 1. The summed E-state index contributed by atoms with van der Waals surface area (Å²) in [5.41, 5.74) is 1.33. The van der Waals surface area contributed by atoms with E-state index in [1.54, 1.807) is 12.1 Å². The lowest BCUT2D eigenvalue weighted by Gasteiger charge is -2.03. The van der Waals surface area contributed by atoms with Crippen LogP contribution in [0.5, 0.6) is 0 Å². The third kappa shape index (κ3) is 2.84. The number of rotatable bonds is 4. The molecule has 3 heteroatoms. The van der Waals surface area contributed by atoms with E-state index in [9.17, 15) is 4.79 Å². The molecule has 0 radical (unpaired) electrons. The van der Waals surface area contributed by atoms with Gasteiger partial charge in [-0.3, -0.25) is 0 Å². The molecule has 70 valence electrons. The van der Waals surface area contributed by atoms with Crippen molar-refractivity contribution in [3.63, 3.8) is 0 Å². The first-order valence-electron chi connectivity index (χ1n) is 4.13. The van der Waals surface area contributed by atoms with Crippen LogP contribution in [0.25, 0.3) is 0 Å². The highest BCUT2D eigenvalue weighted by Crippen LogP contribution is 2.11. The van der Waals surface area contributed by atoms with Crippen LogP contribution in [-0.2, 0) is 6.42 Å².